The Morgan fingerprint density at radius 2 is 2.18 bits per heavy atom. The minimum Gasteiger partial charge on any atom is -0.396 e. The fourth-order valence-corrected chi connectivity index (χ4v) is 1.70. The van der Waals surface area contributed by atoms with E-state index in [1.807, 2.05) is 11.8 Å². The Morgan fingerprint density at radius 3 is 2.65 bits per heavy atom. The molecule has 6 heteroatoms. The molecule has 0 atom stereocenters. The van der Waals surface area contributed by atoms with E-state index in [2.05, 4.69) is 20.9 Å². The molecule has 2 N–H and O–H groups in total. The largest absolute Gasteiger partial charge is 0.396 e. The van der Waals surface area contributed by atoms with Gasteiger partial charge in [-0.2, -0.15) is 0 Å². The van der Waals surface area contributed by atoms with E-state index in [1.165, 1.54) is 0 Å². The number of aromatic nitrogens is 1. The zero-order valence-electron chi connectivity index (χ0n) is 10.3. The number of anilines is 2. The molecule has 1 rings (SSSR count). The second-order valence-corrected chi connectivity index (χ2v) is 4.78. The van der Waals surface area contributed by atoms with Crippen LogP contribution in [0, 0.1) is 0 Å². The number of nitrogens with two attached hydrogens (primary N) is 1. The van der Waals surface area contributed by atoms with Gasteiger partial charge >= 0.3 is 0 Å². The maximum absolute atomic E-state index is 11.7. The molecule has 0 aliphatic heterocycles. The molecule has 0 aliphatic rings. The normalized spacial score (nSPS) is 10.1. The summed E-state index contributed by atoms with van der Waals surface area (Å²) < 4.78 is 0.828. The lowest BCUT2D eigenvalue weighted by atomic mass is 10.3. The molecule has 1 heterocycles. The van der Waals surface area contributed by atoms with E-state index in [-0.39, 0.29) is 12.5 Å². The van der Waals surface area contributed by atoms with Gasteiger partial charge < -0.3 is 15.5 Å². The Kier molecular flexibility index (Phi) is 4.74. The number of halogens is 1. The van der Waals surface area contributed by atoms with Gasteiger partial charge in [0.15, 0.2) is 5.82 Å². The standard InChI is InChI=1S/C11H17BrN4O/c1-4-16(7-10(17)15(2)3)11-9(13)5-8(12)6-14-11/h5-6H,4,7,13H2,1-3H3. The van der Waals surface area contributed by atoms with Gasteiger partial charge in [-0.25, -0.2) is 4.98 Å². The number of amides is 1. The van der Waals surface area contributed by atoms with E-state index in [9.17, 15) is 4.79 Å². The van der Waals surface area contributed by atoms with Crippen molar-refractivity contribution >= 4 is 33.3 Å². The highest BCUT2D eigenvalue weighted by Crippen LogP contribution is 2.23. The summed E-state index contributed by atoms with van der Waals surface area (Å²) in [4.78, 5) is 19.3. The van der Waals surface area contributed by atoms with Crippen LogP contribution in [0.3, 0.4) is 0 Å². The van der Waals surface area contributed by atoms with Crippen molar-refractivity contribution in [1.82, 2.24) is 9.88 Å². The highest BCUT2D eigenvalue weighted by molar-refractivity contribution is 9.10. The monoisotopic (exact) mass is 300 g/mol. The van der Waals surface area contributed by atoms with E-state index in [0.29, 0.717) is 18.1 Å². The summed E-state index contributed by atoms with van der Waals surface area (Å²) >= 11 is 3.31. The van der Waals surface area contributed by atoms with Gasteiger partial charge in [0.25, 0.3) is 0 Å². The van der Waals surface area contributed by atoms with Gasteiger partial charge in [0.05, 0.1) is 12.2 Å². The van der Waals surface area contributed by atoms with Crippen LogP contribution in [0.4, 0.5) is 11.5 Å². The molecular weight excluding hydrogens is 284 g/mol. The zero-order chi connectivity index (χ0) is 13.0. The van der Waals surface area contributed by atoms with Crippen molar-refractivity contribution in [2.24, 2.45) is 0 Å². The van der Waals surface area contributed by atoms with E-state index in [1.54, 1.807) is 31.3 Å². The van der Waals surface area contributed by atoms with E-state index in [0.717, 1.165) is 4.47 Å². The number of carbonyl (C=O) groups is 1. The summed E-state index contributed by atoms with van der Waals surface area (Å²) in [6.45, 7) is 2.92. The quantitative estimate of drug-likeness (QED) is 0.911. The van der Waals surface area contributed by atoms with Crippen LogP contribution in [0.1, 0.15) is 6.92 Å². The maximum atomic E-state index is 11.7. The van der Waals surface area contributed by atoms with Crippen LogP contribution in [0.2, 0.25) is 0 Å². The smallest absolute Gasteiger partial charge is 0.241 e. The minimum absolute atomic E-state index is 0.0240. The second-order valence-electron chi connectivity index (χ2n) is 3.87. The number of carbonyl (C=O) groups excluding carboxylic acids is 1. The lowest BCUT2D eigenvalue weighted by Gasteiger charge is -2.24. The molecule has 0 saturated carbocycles. The van der Waals surface area contributed by atoms with E-state index < -0.39 is 0 Å². The van der Waals surface area contributed by atoms with Gasteiger partial charge in [-0.15, -0.1) is 0 Å². The molecule has 94 valence electrons. The third kappa shape index (κ3) is 3.59. The van der Waals surface area contributed by atoms with Crippen LogP contribution in [0.25, 0.3) is 0 Å². The summed E-state index contributed by atoms with van der Waals surface area (Å²) in [5.74, 6) is 0.668. The molecule has 0 spiro atoms. The summed E-state index contributed by atoms with van der Waals surface area (Å²) in [6.07, 6.45) is 1.68. The summed E-state index contributed by atoms with van der Waals surface area (Å²) in [7, 11) is 3.46. The molecule has 5 nitrogen and oxygen atoms in total. The summed E-state index contributed by atoms with van der Waals surface area (Å²) in [6, 6.07) is 1.78. The maximum Gasteiger partial charge on any atom is 0.241 e. The fraction of sp³-hybridized carbons (Fsp3) is 0.455. The molecule has 17 heavy (non-hydrogen) atoms. The fourth-order valence-electron chi connectivity index (χ4n) is 1.35. The van der Waals surface area contributed by atoms with Crippen LogP contribution < -0.4 is 10.6 Å². The number of hydrogen-bond acceptors (Lipinski definition) is 4. The van der Waals surface area contributed by atoms with Crippen LogP contribution in [-0.2, 0) is 4.79 Å². The Morgan fingerprint density at radius 1 is 1.53 bits per heavy atom. The Balaban J connectivity index is 2.90. The van der Waals surface area contributed by atoms with Crippen molar-refractivity contribution in [2.45, 2.75) is 6.92 Å². The van der Waals surface area contributed by atoms with Crippen molar-refractivity contribution in [2.75, 3.05) is 37.8 Å². The molecule has 0 aromatic carbocycles. The molecule has 0 fully saturated rings. The molecule has 1 amide bonds. The first kappa shape index (κ1) is 13.8. The Bertz CT molecular complexity index is 408. The van der Waals surface area contributed by atoms with Crippen LogP contribution >= 0.6 is 15.9 Å². The number of rotatable bonds is 4. The predicted octanol–water partition coefficient (Wildman–Crippen LogP) is 1.34. The number of hydrogen-bond donors (Lipinski definition) is 1. The van der Waals surface area contributed by atoms with Gasteiger partial charge in [0.1, 0.15) is 0 Å². The van der Waals surface area contributed by atoms with Crippen LogP contribution in [0.15, 0.2) is 16.7 Å². The highest BCUT2D eigenvalue weighted by atomic mass is 79.9. The molecule has 1 aromatic heterocycles. The first-order valence-electron chi connectivity index (χ1n) is 5.31. The van der Waals surface area contributed by atoms with E-state index >= 15 is 0 Å². The number of nitrogens with zero attached hydrogens (tertiary/aromatic N) is 3. The third-order valence-electron chi connectivity index (χ3n) is 2.37. The Labute approximate surface area is 110 Å². The van der Waals surface area contributed by atoms with Crippen molar-refractivity contribution in [3.8, 4) is 0 Å². The molecule has 0 bridgehead atoms. The lowest BCUT2D eigenvalue weighted by Crippen LogP contribution is -2.37. The average molecular weight is 301 g/mol. The first-order chi connectivity index (χ1) is 7.95. The van der Waals surface area contributed by atoms with Crippen LogP contribution in [0.5, 0.6) is 0 Å². The zero-order valence-corrected chi connectivity index (χ0v) is 11.9. The number of nitrogen functional groups attached to an aromatic ring is 1. The van der Waals surface area contributed by atoms with Crippen molar-refractivity contribution in [3.05, 3.63) is 16.7 Å². The minimum atomic E-state index is 0.0240. The van der Waals surface area contributed by atoms with Crippen molar-refractivity contribution in [1.29, 1.82) is 0 Å². The van der Waals surface area contributed by atoms with Gasteiger partial charge in [-0.1, -0.05) is 0 Å². The van der Waals surface area contributed by atoms with Gasteiger partial charge in [0.2, 0.25) is 5.91 Å². The summed E-state index contributed by atoms with van der Waals surface area (Å²) in [5.41, 5.74) is 6.45. The molecule has 0 saturated heterocycles. The van der Waals surface area contributed by atoms with Crippen molar-refractivity contribution < 1.29 is 4.79 Å². The SMILES string of the molecule is CCN(CC(=O)N(C)C)c1ncc(Br)cc1N. The molecule has 0 unspecified atom stereocenters. The first-order valence-corrected chi connectivity index (χ1v) is 6.11. The van der Waals surface area contributed by atoms with Crippen LogP contribution in [-0.4, -0.2) is 43.0 Å². The Hall–Kier alpha value is -1.30. The number of likely N-dealkylation sites (N-methyl/N-ethyl adjacent to an activating group) is 2. The lowest BCUT2D eigenvalue weighted by molar-refractivity contribution is -0.127. The topological polar surface area (TPSA) is 62.5 Å². The molecule has 0 radical (unpaired) electrons. The molecular formula is C11H17BrN4O. The van der Waals surface area contributed by atoms with Crippen molar-refractivity contribution in [3.63, 3.8) is 0 Å². The van der Waals surface area contributed by atoms with Gasteiger partial charge in [0, 0.05) is 31.3 Å². The number of pyridine rings is 1. The molecule has 0 aliphatic carbocycles. The third-order valence-corrected chi connectivity index (χ3v) is 2.80. The van der Waals surface area contributed by atoms with E-state index in [4.69, 9.17) is 5.73 Å². The average Bonchev–Trinajstić information content (AvgIpc) is 2.26. The van der Waals surface area contributed by atoms with Gasteiger partial charge in [-0.3, -0.25) is 4.79 Å². The molecule has 1 aromatic rings. The second kappa shape index (κ2) is 5.86. The summed E-state index contributed by atoms with van der Waals surface area (Å²) in [5, 5.41) is 0. The highest BCUT2D eigenvalue weighted by Gasteiger charge is 2.14. The van der Waals surface area contributed by atoms with Gasteiger partial charge in [-0.05, 0) is 28.9 Å². The predicted molar refractivity (Wildman–Crippen MR) is 72.9 cm³/mol.